The van der Waals surface area contributed by atoms with Gasteiger partial charge in [-0.05, 0) is 36.2 Å². The lowest BCUT2D eigenvalue weighted by Crippen LogP contribution is -2.16. The Balaban J connectivity index is 1.61. The summed E-state index contributed by atoms with van der Waals surface area (Å²) in [5.74, 6) is 1.55. The second-order valence-electron chi connectivity index (χ2n) is 6.79. The number of aryl methyl sites for hydroxylation is 1. The van der Waals surface area contributed by atoms with E-state index in [4.69, 9.17) is 19.3 Å². The number of hydrogen-bond acceptors (Lipinski definition) is 4. The first-order chi connectivity index (χ1) is 13.2. The largest absolute Gasteiger partial charge is 0.497 e. The molecule has 0 N–H and O–H groups in total. The van der Waals surface area contributed by atoms with Gasteiger partial charge in [0.1, 0.15) is 17.6 Å². The van der Waals surface area contributed by atoms with Crippen LogP contribution in [0.2, 0.25) is 0 Å². The molecule has 1 fully saturated rings. The van der Waals surface area contributed by atoms with Crippen molar-refractivity contribution in [3.63, 3.8) is 0 Å². The topological polar surface area (TPSA) is 45.5 Å². The van der Waals surface area contributed by atoms with Crippen molar-refractivity contribution >= 4 is 0 Å². The zero-order chi connectivity index (χ0) is 18.6. The molecule has 1 aliphatic rings. The molecule has 0 spiro atoms. The monoisotopic (exact) mass is 364 g/mol. The van der Waals surface area contributed by atoms with Crippen LogP contribution in [0.5, 0.6) is 11.5 Å². The lowest BCUT2D eigenvalue weighted by Gasteiger charge is -2.16. The molecule has 0 radical (unpaired) electrons. The van der Waals surface area contributed by atoms with Crippen molar-refractivity contribution in [2.75, 3.05) is 20.3 Å². The van der Waals surface area contributed by atoms with Crippen LogP contribution in [-0.4, -0.2) is 36.2 Å². The van der Waals surface area contributed by atoms with Gasteiger partial charge in [0.05, 0.1) is 32.6 Å². The highest BCUT2D eigenvalue weighted by molar-refractivity contribution is 5.68. The number of methoxy groups -OCH3 is 1. The SMILES string of the molecule is COc1ccc(-c2ccn(Cc3ccccc3C)n2)c(O[C@@H]2CCOC2)c1. The Kier molecular flexibility index (Phi) is 5.12. The van der Waals surface area contributed by atoms with E-state index in [1.54, 1.807) is 7.11 Å². The Morgan fingerprint density at radius 2 is 2.07 bits per heavy atom. The molecular weight excluding hydrogens is 340 g/mol. The van der Waals surface area contributed by atoms with Crippen LogP contribution in [0.15, 0.2) is 54.7 Å². The highest BCUT2D eigenvalue weighted by Gasteiger charge is 2.20. The molecule has 0 bridgehead atoms. The van der Waals surface area contributed by atoms with Crippen LogP contribution in [0.1, 0.15) is 17.5 Å². The molecular formula is C22H24N2O3. The van der Waals surface area contributed by atoms with Crippen LogP contribution in [-0.2, 0) is 11.3 Å². The fourth-order valence-corrected chi connectivity index (χ4v) is 3.28. The minimum atomic E-state index is 0.0740. The van der Waals surface area contributed by atoms with Gasteiger partial charge in [-0.15, -0.1) is 0 Å². The van der Waals surface area contributed by atoms with E-state index in [1.807, 2.05) is 35.1 Å². The zero-order valence-electron chi connectivity index (χ0n) is 15.7. The van der Waals surface area contributed by atoms with Crippen LogP contribution in [0.3, 0.4) is 0 Å². The van der Waals surface area contributed by atoms with Gasteiger partial charge in [0.25, 0.3) is 0 Å². The summed E-state index contributed by atoms with van der Waals surface area (Å²) in [6.07, 6.45) is 2.98. The predicted octanol–water partition coefficient (Wildman–Crippen LogP) is 4.08. The highest BCUT2D eigenvalue weighted by Crippen LogP contribution is 2.34. The summed E-state index contributed by atoms with van der Waals surface area (Å²) >= 11 is 0. The molecule has 3 aromatic rings. The maximum Gasteiger partial charge on any atom is 0.133 e. The lowest BCUT2D eigenvalue weighted by molar-refractivity contribution is 0.141. The summed E-state index contributed by atoms with van der Waals surface area (Å²) in [6, 6.07) is 16.3. The Hall–Kier alpha value is -2.79. The van der Waals surface area contributed by atoms with E-state index in [0.717, 1.165) is 42.3 Å². The fourth-order valence-electron chi connectivity index (χ4n) is 3.28. The van der Waals surface area contributed by atoms with Gasteiger partial charge in [-0.1, -0.05) is 24.3 Å². The van der Waals surface area contributed by atoms with Crippen molar-refractivity contribution in [1.29, 1.82) is 0 Å². The Morgan fingerprint density at radius 1 is 1.19 bits per heavy atom. The summed E-state index contributed by atoms with van der Waals surface area (Å²) in [5.41, 5.74) is 4.39. The molecule has 1 atom stereocenters. The number of rotatable bonds is 6. The van der Waals surface area contributed by atoms with Gasteiger partial charge >= 0.3 is 0 Å². The number of hydrogen-bond donors (Lipinski definition) is 0. The van der Waals surface area contributed by atoms with Crippen LogP contribution in [0.25, 0.3) is 11.3 Å². The van der Waals surface area contributed by atoms with Gasteiger partial charge in [-0.2, -0.15) is 5.10 Å². The third kappa shape index (κ3) is 3.98. The summed E-state index contributed by atoms with van der Waals surface area (Å²) in [4.78, 5) is 0. The average Bonchev–Trinajstić information content (AvgIpc) is 3.36. The van der Waals surface area contributed by atoms with E-state index in [1.165, 1.54) is 11.1 Å². The minimum absolute atomic E-state index is 0.0740. The number of benzene rings is 2. The molecule has 1 saturated heterocycles. The lowest BCUT2D eigenvalue weighted by atomic mass is 10.1. The molecule has 4 rings (SSSR count). The fraction of sp³-hybridized carbons (Fsp3) is 0.318. The normalized spacial score (nSPS) is 16.4. The molecule has 5 heteroatoms. The number of nitrogens with zero attached hydrogens (tertiary/aromatic N) is 2. The molecule has 2 aromatic carbocycles. The standard InChI is InChI=1S/C22H24N2O3/c1-16-5-3-4-6-17(16)14-24-11-9-21(23-24)20-8-7-18(25-2)13-22(20)27-19-10-12-26-15-19/h3-9,11,13,19H,10,12,14-15H2,1-2H3/t19-/m1/s1. The molecule has 1 aliphatic heterocycles. The van der Waals surface area contributed by atoms with E-state index in [2.05, 4.69) is 31.2 Å². The smallest absolute Gasteiger partial charge is 0.133 e. The molecule has 1 aromatic heterocycles. The first kappa shape index (κ1) is 17.6. The van der Waals surface area contributed by atoms with Crippen LogP contribution >= 0.6 is 0 Å². The molecule has 27 heavy (non-hydrogen) atoms. The molecule has 5 nitrogen and oxygen atoms in total. The van der Waals surface area contributed by atoms with E-state index < -0.39 is 0 Å². The maximum absolute atomic E-state index is 6.20. The van der Waals surface area contributed by atoms with Gasteiger partial charge < -0.3 is 14.2 Å². The minimum Gasteiger partial charge on any atom is -0.497 e. The van der Waals surface area contributed by atoms with E-state index in [-0.39, 0.29) is 6.10 Å². The van der Waals surface area contributed by atoms with Crippen molar-refractivity contribution in [3.8, 4) is 22.8 Å². The first-order valence-corrected chi connectivity index (χ1v) is 9.24. The molecule has 0 amide bonds. The van der Waals surface area contributed by atoms with Gasteiger partial charge in [0.2, 0.25) is 0 Å². The second-order valence-corrected chi connectivity index (χ2v) is 6.79. The van der Waals surface area contributed by atoms with Crippen molar-refractivity contribution in [3.05, 3.63) is 65.9 Å². The van der Waals surface area contributed by atoms with Crippen LogP contribution < -0.4 is 9.47 Å². The van der Waals surface area contributed by atoms with Gasteiger partial charge in [0.15, 0.2) is 0 Å². The Morgan fingerprint density at radius 3 is 2.85 bits per heavy atom. The summed E-state index contributed by atoms with van der Waals surface area (Å²) < 4.78 is 19.0. The van der Waals surface area contributed by atoms with Crippen LogP contribution in [0, 0.1) is 6.92 Å². The molecule has 0 saturated carbocycles. The zero-order valence-corrected chi connectivity index (χ0v) is 15.7. The third-order valence-corrected chi connectivity index (χ3v) is 4.88. The van der Waals surface area contributed by atoms with E-state index in [0.29, 0.717) is 6.61 Å². The van der Waals surface area contributed by atoms with Crippen molar-refractivity contribution in [2.45, 2.75) is 26.0 Å². The molecule has 2 heterocycles. The van der Waals surface area contributed by atoms with Gasteiger partial charge in [-0.25, -0.2) is 0 Å². The first-order valence-electron chi connectivity index (χ1n) is 9.24. The summed E-state index contributed by atoms with van der Waals surface area (Å²) in [7, 11) is 1.66. The van der Waals surface area contributed by atoms with E-state index in [9.17, 15) is 0 Å². The quantitative estimate of drug-likeness (QED) is 0.661. The Labute approximate surface area is 159 Å². The second kappa shape index (κ2) is 7.84. The third-order valence-electron chi connectivity index (χ3n) is 4.88. The molecule has 0 unspecified atom stereocenters. The summed E-state index contributed by atoms with van der Waals surface area (Å²) in [6.45, 7) is 4.24. The van der Waals surface area contributed by atoms with Crippen LogP contribution in [0.4, 0.5) is 0 Å². The van der Waals surface area contributed by atoms with Crippen molar-refractivity contribution < 1.29 is 14.2 Å². The Bertz CT molecular complexity index is 913. The van der Waals surface area contributed by atoms with Crippen molar-refractivity contribution in [1.82, 2.24) is 9.78 Å². The molecule has 140 valence electrons. The predicted molar refractivity (Wildman–Crippen MR) is 104 cm³/mol. The van der Waals surface area contributed by atoms with Gasteiger partial charge in [-0.3, -0.25) is 4.68 Å². The highest BCUT2D eigenvalue weighted by atomic mass is 16.5. The van der Waals surface area contributed by atoms with Gasteiger partial charge in [0, 0.05) is 24.2 Å². The maximum atomic E-state index is 6.20. The van der Waals surface area contributed by atoms with E-state index >= 15 is 0 Å². The van der Waals surface area contributed by atoms with Crippen molar-refractivity contribution in [2.24, 2.45) is 0 Å². The number of aromatic nitrogens is 2. The summed E-state index contributed by atoms with van der Waals surface area (Å²) in [5, 5.41) is 4.77. The number of ether oxygens (including phenoxy) is 3. The molecule has 0 aliphatic carbocycles. The average molecular weight is 364 g/mol.